The Morgan fingerprint density at radius 2 is 1.74 bits per heavy atom. The van der Waals surface area contributed by atoms with Gasteiger partial charge in [-0.2, -0.15) is 11.8 Å². The molecule has 3 amide bonds. The Kier molecular flexibility index (Phi) is 5.42. The van der Waals surface area contributed by atoms with Gasteiger partial charge in [0.1, 0.15) is 6.04 Å². The summed E-state index contributed by atoms with van der Waals surface area (Å²) in [6.45, 7) is 4.86. The highest BCUT2D eigenvalue weighted by atomic mass is 32.2. The molecule has 23 heavy (non-hydrogen) atoms. The number of piperazine rings is 1. The Morgan fingerprint density at radius 1 is 1.04 bits per heavy atom. The van der Waals surface area contributed by atoms with Crippen molar-refractivity contribution in [2.45, 2.75) is 18.9 Å². The number of nitrogens with zero attached hydrogens (tertiary/aromatic N) is 3. The van der Waals surface area contributed by atoms with E-state index in [1.165, 1.54) is 0 Å². The van der Waals surface area contributed by atoms with Crippen LogP contribution >= 0.6 is 11.8 Å². The number of hydrogen-bond donors (Lipinski definition) is 1. The molecule has 7 nitrogen and oxygen atoms in total. The minimum Gasteiger partial charge on any atom is -0.344 e. The summed E-state index contributed by atoms with van der Waals surface area (Å²) >= 11 is 1.90. The normalized spacial score (nSPS) is 26.3. The number of carbonyl (C=O) groups is 3. The predicted molar refractivity (Wildman–Crippen MR) is 88.1 cm³/mol. The number of thioether (sulfide) groups is 1. The fourth-order valence-corrected chi connectivity index (χ4v) is 4.15. The van der Waals surface area contributed by atoms with Crippen LogP contribution in [0.1, 0.15) is 12.8 Å². The van der Waals surface area contributed by atoms with Crippen molar-refractivity contribution in [1.29, 1.82) is 0 Å². The van der Waals surface area contributed by atoms with Crippen molar-refractivity contribution < 1.29 is 14.4 Å². The van der Waals surface area contributed by atoms with Crippen molar-refractivity contribution in [3.8, 4) is 0 Å². The van der Waals surface area contributed by atoms with Gasteiger partial charge in [-0.1, -0.05) is 0 Å². The largest absolute Gasteiger partial charge is 0.344 e. The van der Waals surface area contributed by atoms with Gasteiger partial charge >= 0.3 is 0 Å². The van der Waals surface area contributed by atoms with Crippen LogP contribution in [0.2, 0.25) is 0 Å². The molecule has 3 heterocycles. The number of rotatable bonds is 3. The lowest BCUT2D eigenvalue weighted by Crippen LogP contribution is -2.55. The van der Waals surface area contributed by atoms with E-state index in [4.69, 9.17) is 0 Å². The van der Waals surface area contributed by atoms with E-state index >= 15 is 0 Å². The maximum Gasteiger partial charge on any atom is 0.245 e. The Balaban J connectivity index is 1.42. The summed E-state index contributed by atoms with van der Waals surface area (Å²) < 4.78 is 0. The minimum atomic E-state index is -0.346. The highest BCUT2D eigenvalue weighted by molar-refractivity contribution is 7.99. The molecule has 0 aliphatic carbocycles. The average Bonchev–Trinajstić information content (AvgIpc) is 3.02. The summed E-state index contributed by atoms with van der Waals surface area (Å²) in [6, 6.07) is -0.346. The second kappa shape index (κ2) is 7.53. The molecule has 0 aromatic carbocycles. The van der Waals surface area contributed by atoms with E-state index in [1.54, 1.807) is 0 Å². The van der Waals surface area contributed by atoms with Gasteiger partial charge in [-0.25, -0.2) is 0 Å². The summed E-state index contributed by atoms with van der Waals surface area (Å²) in [4.78, 5) is 41.7. The highest BCUT2D eigenvalue weighted by Crippen LogP contribution is 2.13. The van der Waals surface area contributed by atoms with Gasteiger partial charge in [0, 0.05) is 57.2 Å². The first-order valence-electron chi connectivity index (χ1n) is 8.29. The van der Waals surface area contributed by atoms with Crippen LogP contribution < -0.4 is 5.32 Å². The lowest BCUT2D eigenvalue weighted by Gasteiger charge is -2.36. The number of hydrogen-bond acceptors (Lipinski definition) is 5. The molecule has 3 fully saturated rings. The van der Waals surface area contributed by atoms with E-state index in [9.17, 15) is 14.4 Å². The van der Waals surface area contributed by atoms with Crippen LogP contribution in [0, 0.1) is 0 Å². The quantitative estimate of drug-likeness (QED) is 0.712. The highest BCUT2D eigenvalue weighted by Gasteiger charge is 2.32. The van der Waals surface area contributed by atoms with Gasteiger partial charge < -0.3 is 15.1 Å². The molecule has 0 unspecified atom stereocenters. The van der Waals surface area contributed by atoms with Crippen molar-refractivity contribution >= 4 is 29.5 Å². The number of nitrogens with one attached hydrogen (secondary N) is 1. The van der Waals surface area contributed by atoms with Crippen molar-refractivity contribution in [3.05, 3.63) is 0 Å². The second-order valence-electron chi connectivity index (χ2n) is 6.25. The summed E-state index contributed by atoms with van der Waals surface area (Å²) in [5, 5.41) is 2.73. The van der Waals surface area contributed by atoms with Crippen molar-refractivity contribution in [1.82, 2.24) is 20.0 Å². The molecule has 1 atom stereocenters. The molecule has 0 radical (unpaired) electrons. The summed E-state index contributed by atoms with van der Waals surface area (Å²) in [5.74, 6) is 2.25. The lowest BCUT2D eigenvalue weighted by molar-refractivity contribution is -0.137. The molecule has 3 aliphatic heterocycles. The summed E-state index contributed by atoms with van der Waals surface area (Å²) in [6.07, 6.45) is 1.04. The van der Waals surface area contributed by atoms with E-state index in [2.05, 4.69) is 10.2 Å². The molecule has 1 N–H and O–H groups in total. The van der Waals surface area contributed by atoms with Crippen LogP contribution in [-0.2, 0) is 14.4 Å². The van der Waals surface area contributed by atoms with Crippen LogP contribution in [0.5, 0.6) is 0 Å². The van der Waals surface area contributed by atoms with Gasteiger partial charge in [0.2, 0.25) is 17.7 Å². The summed E-state index contributed by atoms with van der Waals surface area (Å²) in [7, 11) is 0. The molecule has 0 aromatic rings. The zero-order valence-electron chi connectivity index (χ0n) is 13.3. The Morgan fingerprint density at radius 3 is 2.35 bits per heavy atom. The van der Waals surface area contributed by atoms with E-state index < -0.39 is 0 Å². The molecular formula is C15H24N4O3S. The molecule has 0 aromatic heterocycles. The SMILES string of the molecule is O=C1CC[C@H](C(=O)N2CCN(CC(=O)N3CCSCC3)CC2)N1. The lowest BCUT2D eigenvalue weighted by atomic mass is 10.2. The average molecular weight is 340 g/mol. The zero-order chi connectivity index (χ0) is 16.2. The smallest absolute Gasteiger partial charge is 0.245 e. The Labute approximate surface area is 140 Å². The molecule has 128 valence electrons. The zero-order valence-corrected chi connectivity index (χ0v) is 14.1. The number of carbonyl (C=O) groups excluding carboxylic acids is 3. The van der Waals surface area contributed by atoms with Gasteiger partial charge in [-0.3, -0.25) is 19.3 Å². The molecule has 0 saturated carbocycles. The maximum atomic E-state index is 12.3. The van der Waals surface area contributed by atoms with Crippen LogP contribution in [0.25, 0.3) is 0 Å². The predicted octanol–water partition coefficient (Wildman–Crippen LogP) is -1.02. The third-order valence-electron chi connectivity index (χ3n) is 4.70. The first-order chi connectivity index (χ1) is 11.1. The topological polar surface area (TPSA) is 73.0 Å². The number of amides is 3. The Bertz CT molecular complexity index is 473. The second-order valence-corrected chi connectivity index (χ2v) is 7.48. The first kappa shape index (κ1) is 16.6. The van der Waals surface area contributed by atoms with Crippen LogP contribution in [0.15, 0.2) is 0 Å². The third-order valence-corrected chi connectivity index (χ3v) is 5.64. The van der Waals surface area contributed by atoms with E-state index in [0.29, 0.717) is 32.5 Å². The van der Waals surface area contributed by atoms with Gasteiger partial charge in [-0.05, 0) is 6.42 Å². The minimum absolute atomic E-state index is 0.0230. The van der Waals surface area contributed by atoms with Crippen molar-refractivity contribution in [3.63, 3.8) is 0 Å². The van der Waals surface area contributed by atoms with E-state index in [-0.39, 0.29) is 23.8 Å². The van der Waals surface area contributed by atoms with Gasteiger partial charge in [0.25, 0.3) is 0 Å². The molecule has 3 aliphatic rings. The molecule has 0 bridgehead atoms. The third kappa shape index (κ3) is 4.17. The monoisotopic (exact) mass is 340 g/mol. The fourth-order valence-electron chi connectivity index (χ4n) is 3.25. The molecule has 0 spiro atoms. The molecule has 3 rings (SSSR count). The van der Waals surface area contributed by atoms with Crippen molar-refractivity contribution in [2.24, 2.45) is 0 Å². The van der Waals surface area contributed by atoms with Crippen LogP contribution in [-0.4, -0.2) is 95.8 Å². The van der Waals surface area contributed by atoms with E-state index in [0.717, 1.165) is 37.7 Å². The van der Waals surface area contributed by atoms with Crippen molar-refractivity contribution in [2.75, 3.05) is 57.3 Å². The molecule has 8 heteroatoms. The van der Waals surface area contributed by atoms with Crippen LogP contribution in [0.3, 0.4) is 0 Å². The summed E-state index contributed by atoms with van der Waals surface area (Å²) in [5.41, 5.74) is 0. The maximum absolute atomic E-state index is 12.3. The first-order valence-corrected chi connectivity index (χ1v) is 9.45. The Hall–Kier alpha value is -1.28. The fraction of sp³-hybridized carbons (Fsp3) is 0.800. The molecular weight excluding hydrogens is 316 g/mol. The van der Waals surface area contributed by atoms with Gasteiger partial charge in [0.15, 0.2) is 0 Å². The van der Waals surface area contributed by atoms with Gasteiger partial charge in [0.05, 0.1) is 6.54 Å². The van der Waals surface area contributed by atoms with E-state index in [1.807, 2.05) is 21.6 Å². The van der Waals surface area contributed by atoms with Gasteiger partial charge in [-0.15, -0.1) is 0 Å². The molecule has 3 saturated heterocycles. The standard InChI is InChI=1S/C15H24N4O3S/c20-13-2-1-12(16-13)15(22)19-5-3-17(4-6-19)11-14(21)18-7-9-23-10-8-18/h12H,1-11H2,(H,16,20)/t12-/m1/s1. The van der Waals surface area contributed by atoms with Crippen LogP contribution in [0.4, 0.5) is 0 Å².